The predicted octanol–water partition coefficient (Wildman–Crippen LogP) is 6.22. The zero-order chi connectivity index (χ0) is 22.9. The zero-order valence-corrected chi connectivity index (χ0v) is 21.5. The summed E-state index contributed by atoms with van der Waals surface area (Å²) >= 11 is 2.23. The van der Waals surface area contributed by atoms with Gasteiger partial charge in [-0.25, -0.2) is 9.37 Å². The van der Waals surface area contributed by atoms with Gasteiger partial charge in [-0.1, -0.05) is 12.1 Å². The van der Waals surface area contributed by atoms with Crippen molar-refractivity contribution in [3.05, 3.63) is 54.7 Å². The number of fused-ring (bicyclic) bond motifs is 1. The first kappa shape index (κ1) is 22.7. The molecule has 6 nitrogen and oxygen atoms in total. The second-order valence-corrected chi connectivity index (χ2v) is 10.2. The lowest BCUT2D eigenvalue weighted by Gasteiger charge is -2.15. The van der Waals surface area contributed by atoms with Crippen LogP contribution in [0.25, 0.3) is 33.3 Å². The Hall–Kier alpha value is -2.11. The summed E-state index contributed by atoms with van der Waals surface area (Å²) in [5, 5.41) is 5.74. The Morgan fingerprint density at radius 3 is 2.79 bits per heavy atom. The number of nitrogens with zero attached hydrogens (tertiary/aromatic N) is 5. The van der Waals surface area contributed by atoms with E-state index in [2.05, 4.69) is 50.1 Å². The quantitative estimate of drug-likeness (QED) is 0.264. The van der Waals surface area contributed by atoms with Gasteiger partial charge in [-0.05, 0) is 63.2 Å². The number of ether oxygens (including phenoxy) is 1. The average molecular weight is 577 g/mol. The molecule has 0 spiro atoms. The highest BCUT2D eigenvalue weighted by Crippen LogP contribution is 2.38. The van der Waals surface area contributed by atoms with Crippen molar-refractivity contribution in [1.82, 2.24) is 23.6 Å². The molecule has 9 heteroatoms. The first-order chi connectivity index (χ1) is 16.1. The zero-order valence-electron chi connectivity index (χ0n) is 18.5. The molecule has 0 N–H and O–H groups in total. The average Bonchev–Trinajstić information content (AvgIpc) is 3.35. The lowest BCUT2D eigenvalue weighted by molar-refractivity contribution is 0.332. The van der Waals surface area contributed by atoms with Crippen LogP contribution in [0.3, 0.4) is 0 Å². The van der Waals surface area contributed by atoms with Crippen LogP contribution in [0.2, 0.25) is 0 Å². The Balaban J connectivity index is 1.59. The summed E-state index contributed by atoms with van der Waals surface area (Å²) in [5.41, 5.74) is 4.47. The van der Waals surface area contributed by atoms with Crippen molar-refractivity contribution >= 4 is 41.4 Å². The summed E-state index contributed by atoms with van der Waals surface area (Å²) in [5.74, 6) is 0.348. The molecule has 0 aliphatic carbocycles. The summed E-state index contributed by atoms with van der Waals surface area (Å²) in [6.07, 6.45) is 9.29. The Kier molecular flexibility index (Phi) is 6.62. The highest BCUT2D eigenvalue weighted by atomic mass is 127. The fourth-order valence-corrected chi connectivity index (χ4v) is 5.82. The number of aromatic nitrogens is 4. The van der Waals surface area contributed by atoms with Gasteiger partial charge in [0.2, 0.25) is 5.88 Å². The molecular weight excluding hydrogens is 552 g/mol. The number of hydrogen-bond acceptors (Lipinski definition) is 5. The van der Waals surface area contributed by atoms with Crippen molar-refractivity contribution in [3.63, 3.8) is 0 Å². The fourth-order valence-electron chi connectivity index (χ4n) is 4.56. The molecule has 1 atom stereocenters. The van der Waals surface area contributed by atoms with Crippen molar-refractivity contribution in [1.29, 1.82) is 0 Å². The molecule has 4 heterocycles. The topological polar surface area (TPSA) is 48.1 Å². The lowest BCUT2D eigenvalue weighted by atomic mass is 10.0. The van der Waals surface area contributed by atoms with Crippen molar-refractivity contribution in [3.8, 4) is 28.1 Å². The third-order valence-electron chi connectivity index (χ3n) is 6.32. The molecule has 33 heavy (non-hydrogen) atoms. The number of hydrogen-bond donors (Lipinski definition) is 0. The maximum Gasteiger partial charge on any atom is 0.240 e. The Morgan fingerprint density at radius 1 is 1.12 bits per heavy atom. The van der Waals surface area contributed by atoms with E-state index in [0.717, 1.165) is 65.6 Å². The van der Waals surface area contributed by atoms with E-state index >= 15 is 0 Å². The third kappa shape index (κ3) is 4.50. The Bertz CT molecular complexity index is 1290. The summed E-state index contributed by atoms with van der Waals surface area (Å²) in [7, 11) is 5.37. The number of pyridine rings is 1. The van der Waals surface area contributed by atoms with Gasteiger partial charge < -0.3 is 9.64 Å². The molecule has 3 aromatic heterocycles. The minimum Gasteiger partial charge on any atom is -0.479 e. The molecule has 0 bridgehead atoms. The van der Waals surface area contributed by atoms with E-state index in [9.17, 15) is 4.39 Å². The van der Waals surface area contributed by atoms with Gasteiger partial charge in [-0.2, -0.15) is 0 Å². The summed E-state index contributed by atoms with van der Waals surface area (Å²) in [4.78, 5) is 7.14. The van der Waals surface area contributed by atoms with Crippen LogP contribution in [0.5, 0.6) is 5.88 Å². The highest BCUT2D eigenvalue weighted by molar-refractivity contribution is 14.2. The predicted molar refractivity (Wildman–Crippen MR) is 140 cm³/mol. The van der Waals surface area contributed by atoms with E-state index in [1.807, 2.05) is 22.4 Å². The largest absolute Gasteiger partial charge is 0.479 e. The normalized spacial score (nSPS) is 17.4. The van der Waals surface area contributed by atoms with Crippen molar-refractivity contribution in [2.24, 2.45) is 0 Å². The van der Waals surface area contributed by atoms with Crippen LogP contribution >= 0.6 is 30.3 Å². The van der Waals surface area contributed by atoms with Gasteiger partial charge in [0.05, 0.1) is 18.7 Å². The highest BCUT2D eigenvalue weighted by Gasteiger charge is 2.22. The third-order valence-corrected chi connectivity index (χ3v) is 8.02. The van der Waals surface area contributed by atoms with Crippen molar-refractivity contribution < 1.29 is 9.13 Å². The molecule has 1 aliphatic rings. The van der Waals surface area contributed by atoms with Crippen LogP contribution in [-0.2, 0) is 0 Å². The molecule has 1 unspecified atom stereocenters. The van der Waals surface area contributed by atoms with Crippen LogP contribution < -0.4 is 4.74 Å². The summed E-state index contributed by atoms with van der Waals surface area (Å²) in [6.45, 7) is 2.19. The molecule has 5 rings (SSSR count). The van der Waals surface area contributed by atoms with Gasteiger partial charge in [-0.3, -0.25) is 8.65 Å². The van der Waals surface area contributed by atoms with Gasteiger partial charge in [-0.15, -0.1) is 5.10 Å². The van der Waals surface area contributed by atoms with E-state index in [1.54, 1.807) is 19.2 Å². The van der Waals surface area contributed by atoms with Crippen LogP contribution in [0.4, 0.5) is 4.39 Å². The van der Waals surface area contributed by atoms with Crippen LogP contribution in [-0.4, -0.2) is 50.9 Å². The Morgan fingerprint density at radius 2 is 2.00 bits per heavy atom. The van der Waals surface area contributed by atoms with Crippen molar-refractivity contribution in [2.75, 3.05) is 27.2 Å². The molecular formula is C24H25FIN5OS. The first-order valence-electron chi connectivity index (χ1n) is 11.0. The SMILES string of the molecule is COc1nn(C2CCCN(C)CC2)cc1-c1cnc2c(c1)c(-c1cccc(F)c1)cn2SI. The van der Waals surface area contributed by atoms with E-state index in [0.29, 0.717) is 11.9 Å². The molecule has 1 fully saturated rings. The number of likely N-dealkylation sites (tertiary alicyclic amines) is 1. The van der Waals surface area contributed by atoms with Crippen LogP contribution in [0.1, 0.15) is 25.3 Å². The molecule has 1 aliphatic heterocycles. The minimum absolute atomic E-state index is 0.253. The molecule has 1 saturated heterocycles. The van der Waals surface area contributed by atoms with E-state index in [-0.39, 0.29) is 5.82 Å². The maximum absolute atomic E-state index is 14.0. The van der Waals surface area contributed by atoms with Crippen molar-refractivity contribution in [2.45, 2.75) is 25.3 Å². The molecule has 172 valence electrons. The lowest BCUT2D eigenvalue weighted by Crippen LogP contribution is -2.19. The monoisotopic (exact) mass is 577 g/mol. The minimum atomic E-state index is -0.253. The second-order valence-electron chi connectivity index (χ2n) is 8.46. The van der Waals surface area contributed by atoms with Gasteiger partial charge in [0, 0.05) is 65.4 Å². The molecule has 1 aromatic carbocycles. The fraction of sp³-hybridized carbons (Fsp3) is 0.333. The molecule has 0 saturated carbocycles. The molecule has 0 amide bonds. The van der Waals surface area contributed by atoms with Gasteiger partial charge in [0.1, 0.15) is 5.82 Å². The number of rotatable bonds is 5. The van der Waals surface area contributed by atoms with Crippen LogP contribution in [0, 0.1) is 5.82 Å². The second kappa shape index (κ2) is 9.63. The Labute approximate surface area is 208 Å². The molecule has 4 aromatic rings. The maximum atomic E-state index is 14.0. The van der Waals surface area contributed by atoms with Gasteiger partial charge >= 0.3 is 0 Å². The van der Waals surface area contributed by atoms with E-state index in [4.69, 9.17) is 14.8 Å². The van der Waals surface area contributed by atoms with Gasteiger partial charge in [0.25, 0.3) is 0 Å². The number of halogens is 2. The first-order valence-corrected chi connectivity index (χ1v) is 14.3. The summed E-state index contributed by atoms with van der Waals surface area (Å²) < 4.78 is 23.7. The standard InChI is InChI=1S/C24H25FIN5OS/c1-29-9-4-7-19(8-10-29)30-14-22(24(28-30)32-2)17-12-20-21(16-5-3-6-18(25)11-16)15-31(33-26)23(20)27-13-17/h3,5-6,11-15,19H,4,7-10H2,1-2H3. The molecule has 0 radical (unpaired) electrons. The number of methoxy groups -OCH3 is 1. The van der Waals surface area contributed by atoms with Gasteiger partial charge in [0.15, 0.2) is 5.65 Å². The smallest absolute Gasteiger partial charge is 0.240 e. The number of benzene rings is 1. The van der Waals surface area contributed by atoms with E-state index < -0.39 is 0 Å². The summed E-state index contributed by atoms with van der Waals surface area (Å²) in [6, 6.07) is 9.15. The van der Waals surface area contributed by atoms with Crippen LogP contribution in [0.15, 0.2) is 48.9 Å². The van der Waals surface area contributed by atoms with E-state index in [1.165, 1.54) is 15.2 Å².